The molecule has 0 aliphatic carbocycles. The van der Waals surface area contributed by atoms with Crippen molar-refractivity contribution in [1.29, 1.82) is 0 Å². The van der Waals surface area contributed by atoms with Gasteiger partial charge in [-0.3, -0.25) is 4.79 Å². The predicted octanol–water partition coefficient (Wildman–Crippen LogP) is 21.7. The van der Waals surface area contributed by atoms with Crippen molar-refractivity contribution in [3.63, 3.8) is 0 Å². The highest BCUT2D eigenvalue weighted by Crippen LogP contribution is 2.38. The number of aromatic carboxylic acids is 1. The van der Waals surface area contributed by atoms with E-state index in [0.717, 1.165) is 111 Å². The van der Waals surface area contributed by atoms with Gasteiger partial charge in [-0.05, 0) is 295 Å². The molecule has 10 aromatic heterocycles. The molecule has 0 saturated carbocycles. The minimum absolute atomic E-state index is 0.173. The van der Waals surface area contributed by atoms with Gasteiger partial charge in [-0.2, -0.15) is 0 Å². The van der Waals surface area contributed by atoms with Gasteiger partial charge < -0.3 is 54.4 Å². The summed E-state index contributed by atoms with van der Waals surface area (Å²) in [6, 6.07) is 65.3. The molecule has 0 aliphatic heterocycles. The van der Waals surface area contributed by atoms with Gasteiger partial charge in [0, 0.05) is 144 Å². The highest BCUT2D eigenvalue weighted by molar-refractivity contribution is 14.1. The smallest absolute Gasteiger partial charge is 0.478 e. The average Bonchev–Trinajstić information content (AvgIpc) is 1.60. The summed E-state index contributed by atoms with van der Waals surface area (Å²) in [4.78, 5) is 102. The number of carboxylic acid groups (broad SMARTS) is 1. The molecule has 28 nitrogen and oxygen atoms in total. The van der Waals surface area contributed by atoms with Crippen LogP contribution < -0.4 is 10.8 Å². The number of hydrogen-bond donors (Lipinski definition) is 7. The number of nitrogens with one attached hydrogen (secondary N) is 4. The summed E-state index contributed by atoms with van der Waals surface area (Å²) in [6.07, 6.45) is 18.4. The highest BCUT2D eigenvalue weighted by atomic mass is 127. The molecule has 0 bridgehead atoms. The molecular weight excluding hydrogens is 2160 g/mol. The first-order chi connectivity index (χ1) is 65.8. The number of fused-ring (bicyclic) bond motifs is 5. The van der Waals surface area contributed by atoms with Crippen LogP contribution in [0.1, 0.15) is 90.6 Å². The zero-order chi connectivity index (χ0) is 97.9. The van der Waals surface area contributed by atoms with Crippen LogP contribution in [0.15, 0.2) is 327 Å². The zero-order valence-electron chi connectivity index (χ0n) is 73.7. The summed E-state index contributed by atoms with van der Waals surface area (Å²) in [5.74, 6) is -2.74. The number of rotatable bonds is 21. The average molecular weight is 2240 g/mol. The SMILES string of the molecule is C=CC(=O)Nc1cccc(-c2cnc3[nH]cc(-c4cccc(C(=O)OCC)c4)c3c2)c1.CCOC(=O)c1cccc(-c2c[nH]c3ncc(Br)cc23)c1.CCOC(=O)c1cccc(-c2cn(S(=O)(=O)c3ccc(C)cc3)c3ncc(Br)cc23)c1.CCOC(=O)c1cccc(B(O)O)c1.Cc1ccc(S(=O)(=O)n2cc(I)c3cc(Br)cnc32)cc1.O=C(O)c1cccc(-c2c[nH]c3ncc(Br)cc23)c1. The maximum atomic E-state index is 13.4. The number of halogens is 5. The molecule has 0 aliphatic rings. The molecule has 0 unspecified atom stereocenters. The number of hydrogen-bond acceptors (Lipinski definition) is 21. The third-order valence-electron chi connectivity index (χ3n) is 20.6. The standard InChI is InChI=1S/C25H21N3O3.C23H19BrN2O4S.C16H13BrN2O2.C14H10BrIN2O2S.C14H9BrN2O2.C9H11BO4/c1-3-23(29)28-20-10-6-7-16(12-20)19-13-21-22(15-27-24(21)26-14-19)17-8-5-9-18(11-17)25(30)31-4-2;1-3-30-23(27)17-6-4-5-16(11-17)21-14-26(22-20(21)12-18(24)13-25-22)31(28,29)19-9-7-15(2)8-10-19;1-2-21-16(20)11-5-3-4-10(6-11)14-9-19-15-13(14)7-12(17)8-18-15;1-9-2-4-11(5-3-9)21(19,20)18-8-13(16)12-6-10(15)7-17-14(12)18;15-10-5-11-12(7-17-13(11)16-6-10)8-2-1-3-9(4-8)14(18)19;1-2-14-9(11)7-4-3-5-8(6-7)10(12)13/h3,5-15H,1,4H2,2H3,(H,26,27)(H,28,29);4-14H,3H2,1-2H3;3-9H,2H2,1H3,(H,18,19);2-8H,1H3;1-7H,(H,16,17)(H,18,19);3-6,12-13H,2H2,1H3. The Bertz CT molecular complexity index is 7830. The summed E-state index contributed by atoms with van der Waals surface area (Å²) in [6.45, 7) is 15.6. The van der Waals surface area contributed by atoms with Crippen molar-refractivity contribution in [2.45, 2.75) is 51.3 Å². The summed E-state index contributed by atoms with van der Waals surface area (Å²) >= 11 is 15.7. The van der Waals surface area contributed by atoms with E-state index in [1.54, 1.807) is 180 Å². The van der Waals surface area contributed by atoms with Crippen molar-refractivity contribution in [3.8, 4) is 55.6 Å². The first-order valence-corrected chi connectivity index (χ1v) is 49.1. The first kappa shape index (κ1) is 101. The van der Waals surface area contributed by atoms with Crippen LogP contribution in [0, 0.1) is 17.4 Å². The van der Waals surface area contributed by atoms with Crippen LogP contribution in [-0.4, -0.2) is 149 Å². The molecule has 0 spiro atoms. The van der Waals surface area contributed by atoms with Crippen molar-refractivity contribution in [2.75, 3.05) is 31.7 Å². The van der Waals surface area contributed by atoms with Crippen LogP contribution in [0.3, 0.4) is 0 Å². The summed E-state index contributed by atoms with van der Waals surface area (Å²) < 4.78 is 78.9. The van der Waals surface area contributed by atoms with Gasteiger partial charge in [0.25, 0.3) is 20.0 Å². The molecule has 10 heterocycles. The van der Waals surface area contributed by atoms with Crippen molar-refractivity contribution in [1.82, 2.24) is 47.8 Å². The van der Waals surface area contributed by atoms with Crippen LogP contribution in [-0.2, 0) is 43.8 Å². The number of aromatic amines is 3. The number of carbonyl (C=O) groups is 6. The van der Waals surface area contributed by atoms with Gasteiger partial charge in [-0.15, -0.1) is 0 Å². The van der Waals surface area contributed by atoms with E-state index < -0.39 is 45.1 Å². The van der Waals surface area contributed by atoms with Gasteiger partial charge in [-0.1, -0.05) is 115 Å². The van der Waals surface area contributed by atoms with Gasteiger partial charge in [0.05, 0.1) is 64.0 Å². The van der Waals surface area contributed by atoms with E-state index in [1.807, 2.05) is 136 Å². The van der Waals surface area contributed by atoms with E-state index >= 15 is 0 Å². The number of anilines is 1. The second-order valence-corrected chi connectivity index (χ2v) is 38.4. The maximum absolute atomic E-state index is 13.4. The molecule has 0 saturated heterocycles. The quantitative estimate of drug-likeness (QED) is 0.0115. The Labute approximate surface area is 833 Å². The van der Waals surface area contributed by atoms with Crippen LogP contribution >= 0.6 is 86.3 Å². The van der Waals surface area contributed by atoms with Crippen LogP contribution in [0.2, 0.25) is 0 Å². The Morgan fingerprint density at radius 3 is 1.19 bits per heavy atom. The first-order valence-electron chi connectivity index (χ1n) is 42.0. The van der Waals surface area contributed by atoms with Gasteiger partial charge in [-0.25, -0.2) is 73.7 Å². The number of aromatic nitrogens is 10. The number of benzene rings is 8. The van der Waals surface area contributed by atoms with Crippen molar-refractivity contribution in [3.05, 3.63) is 359 Å². The molecule has 137 heavy (non-hydrogen) atoms. The Kier molecular flexibility index (Phi) is 33.7. The van der Waals surface area contributed by atoms with Crippen LogP contribution in [0.4, 0.5) is 5.69 Å². The number of H-pyrrole nitrogens is 3. The van der Waals surface area contributed by atoms with Gasteiger partial charge in [0.1, 0.15) is 16.9 Å². The molecule has 7 N–H and O–H groups in total. The van der Waals surface area contributed by atoms with E-state index in [2.05, 4.69) is 138 Å². The number of amides is 1. The minimum atomic E-state index is -3.87. The lowest BCUT2D eigenvalue weighted by Crippen LogP contribution is -2.30. The normalized spacial score (nSPS) is 11.0. The largest absolute Gasteiger partial charge is 0.488 e. The molecule has 18 aromatic rings. The lowest BCUT2D eigenvalue weighted by molar-refractivity contribution is -0.111. The monoisotopic (exact) mass is 2240 g/mol. The van der Waals surface area contributed by atoms with Crippen molar-refractivity contribution >= 4 is 216 Å². The third-order valence-corrected chi connectivity index (χ3v) is 26.5. The number of ether oxygens (including phenoxy) is 4. The van der Waals surface area contributed by atoms with Gasteiger partial charge in [0.2, 0.25) is 5.91 Å². The van der Waals surface area contributed by atoms with Gasteiger partial charge in [0.15, 0.2) is 11.3 Å². The van der Waals surface area contributed by atoms with E-state index in [1.165, 1.54) is 26.2 Å². The molecule has 18 rings (SSSR count). The fraction of sp³-hybridized carbons (Fsp3) is 0.0990. The molecule has 0 radical (unpaired) electrons. The number of esters is 4. The summed E-state index contributed by atoms with van der Waals surface area (Å²) in [5.41, 5.74) is 16.8. The number of carboxylic acids is 1. The lowest BCUT2D eigenvalue weighted by Gasteiger charge is -2.07. The lowest BCUT2D eigenvalue weighted by atomic mass is 9.80. The number of carbonyl (C=O) groups excluding carboxylic acids is 5. The van der Waals surface area contributed by atoms with E-state index in [4.69, 9.17) is 34.1 Å². The topological polar surface area (TPSA) is 402 Å². The Hall–Kier alpha value is -13.7. The van der Waals surface area contributed by atoms with E-state index in [-0.39, 0.29) is 45.3 Å². The zero-order valence-corrected chi connectivity index (χ0v) is 83.9. The fourth-order valence-corrected chi connectivity index (χ4v) is 18.9. The van der Waals surface area contributed by atoms with E-state index in [9.17, 15) is 45.6 Å². The molecule has 694 valence electrons. The summed E-state index contributed by atoms with van der Waals surface area (Å²) in [5, 5.41) is 33.9. The van der Waals surface area contributed by atoms with Crippen molar-refractivity contribution in [2.24, 2.45) is 0 Å². The predicted molar refractivity (Wildman–Crippen MR) is 552 cm³/mol. The summed E-state index contributed by atoms with van der Waals surface area (Å²) in [7, 11) is -9.08. The maximum Gasteiger partial charge on any atom is 0.488 e. The molecule has 36 heteroatoms. The Morgan fingerprint density at radius 1 is 0.416 bits per heavy atom. The fourth-order valence-electron chi connectivity index (χ4n) is 14.1. The third kappa shape index (κ3) is 24.6. The van der Waals surface area contributed by atoms with Gasteiger partial charge >= 0.3 is 37.0 Å². The van der Waals surface area contributed by atoms with Crippen LogP contribution in [0.25, 0.3) is 111 Å². The Morgan fingerprint density at radius 2 is 0.766 bits per heavy atom. The number of pyridine rings is 5. The Balaban J connectivity index is 0.000000142. The second kappa shape index (κ2) is 45.8. The minimum Gasteiger partial charge on any atom is -0.478 e. The highest BCUT2D eigenvalue weighted by Gasteiger charge is 2.27. The molecular formula is C101H83BBr4IN11O17S2. The number of aryl methyl sites for hydroxylation is 2. The molecule has 1 amide bonds. The van der Waals surface area contributed by atoms with E-state index in [0.29, 0.717) is 80.0 Å². The molecule has 8 aromatic carbocycles. The molecule has 0 fully saturated rings. The second-order valence-electron chi connectivity index (χ2n) is 29.9. The number of nitrogens with zero attached hydrogens (tertiary/aromatic N) is 7. The van der Waals surface area contributed by atoms with Crippen LogP contribution in [0.5, 0.6) is 0 Å². The van der Waals surface area contributed by atoms with Crippen molar-refractivity contribution < 1.29 is 79.7 Å². The molecule has 0 atom stereocenters.